The lowest BCUT2D eigenvalue weighted by molar-refractivity contribution is -0.123. The van der Waals surface area contributed by atoms with Gasteiger partial charge in [-0.15, -0.1) is 0 Å². The molecule has 168 valence electrons. The van der Waals surface area contributed by atoms with E-state index in [-0.39, 0.29) is 42.1 Å². The summed E-state index contributed by atoms with van der Waals surface area (Å²) in [6.07, 6.45) is 7.56. The van der Waals surface area contributed by atoms with Crippen molar-refractivity contribution < 1.29 is 14.7 Å². The standard InChI is InChI=1S/C27H37NO3/c1-4-5-6-7-8-9-14-24(30)21-15-16-22(20-13-11-10-12-19(20)21)26-23(17-29)28-27(31)25(26)18(2)3/h10-13,15-16,18,23,25-26,29H,4-9,14,17H2,1-3H3,(H,28,31)/t23-,25-,26-/m1/s1. The molecule has 3 atom stereocenters. The number of benzene rings is 2. The molecule has 0 radical (unpaired) electrons. The SMILES string of the molecule is CCCCCCCCC(=O)c1ccc([C@H]2[C@@H](C(C)C)C(=O)N[C@@H]2CO)c2ccccc12. The summed E-state index contributed by atoms with van der Waals surface area (Å²) in [4.78, 5) is 25.6. The Morgan fingerprint density at radius 1 is 1.00 bits per heavy atom. The average Bonchev–Trinajstić information content (AvgIpc) is 3.11. The van der Waals surface area contributed by atoms with Crippen molar-refractivity contribution in [1.82, 2.24) is 5.32 Å². The second-order valence-electron chi connectivity index (χ2n) is 9.28. The quantitative estimate of drug-likeness (QED) is 0.364. The number of unbranched alkanes of at least 4 members (excludes halogenated alkanes) is 5. The molecule has 1 fully saturated rings. The summed E-state index contributed by atoms with van der Waals surface area (Å²) < 4.78 is 0. The Morgan fingerprint density at radius 2 is 1.68 bits per heavy atom. The molecule has 0 aromatic heterocycles. The second-order valence-corrected chi connectivity index (χ2v) is 9.28. The monoisotopic (exact) mass is 423 g/mol. The molecule has 2 N–H and O–H groups in total. The highest BCUT2D eigenvalue weighted by molar-refractivity contribution is 6.09. The van der Waals surface area contributed by atoms with E-state index in [1.54, 1.807) is 0 Å². The van der Waals surface area contributed by atoms with Crippen LogP contribution in [-0.4, -0.2) is 29.4 Å². The Bertz CT molecular complexity index is 904. The number of nitrogens with one attached hydrogen (secondary N) is 1. The van der Waals surface area contributed by atoms with Crippen LogP contribution in [0.3, 0.4) is 0 Å². The Morgan fingerprint density at radius 3 is 2.35 bits per heavy atom. The van der Waals surface area contributed by atoms with Crippen LogP contribution >= 0.6 is 0 Å². The molecule has 0 spiro atoms. The van der Waals surface area contributed by atoms with E-state index in [1.807, 2.05) is 36.4 Å². The molecular formula is C27H37NO3. The smallest absolute Gasteiger partial charge is 0.224 e. The summed E-state index contributed by atoms with van der Waals surface area (Å²) in [7, 11) is 0. The zero-order chi connectivity index (χ0) is 22.4. The highest BCUT2D eigenvalue weighted by atomic mass is 16.3. The lowest BCUT2D eigenvalue weighted by atomic mass is 9.76. The van der Waals surface area contributed by atoms with Gasteiger partial charge in [-0.3, -0.25) is 9.59 Å². The van der Waals surface area contributed by atoms with Gasteiger partial charge < -0.3 is 10.4 Å². The molecule has 0 saturated carbocycles. The molecule has 4 heteroatoms. The number of carbonyl (C=O) groups is 2. The summed E-state index contributed by atoms with van der Waals surface area (Å²) in [6, 6.07) is 11.7. The molecule has 1 amide bonds. The van der Waals surface area contributed by atoms with Gasteiger partial charge in [0.2, 0.25) is 5.91 Å². The molecule has 1 saturated heterocycles. The van der Waals surface area contributed by atoms with Gasteiger partial charge >= 0.3 is 0 Å². The van der Waals surface area contributed by atoms with Crippen molar-refractivity contribution in [3.05, 3.63) is 47.5 Å². The van der Waals surface area contributed by atoms with Gasteiger partial charge in [0.15, 0.2) is 5.78 Å². The summed E-state index contributed by atoms with van der Waals surface area (Å²) in [5.41, 5.74) is 1.81. The molecule has 1 aliphatic rings. The molecule has 1 aliphatic heterocycles. The number of fused-ring (bicyclic) bond motifs is 1. The van der Waals surface area contributed by atoms with E-state index in [0.717, 1.165) is 34.7 Å². The average molecular weight is 424 g/mol. The van der Waals surface area contributed by atoms with Gasteiger partial charge in [-0.1, -0.05) is 89.3 Å². The first kappa shape index (κ1) is 23.5. The Kier molecular flexibility index (Phi) is 8.25. The number of amides is 1. The van der Waals surface area contributed by atoms with Gasteiger partial charge in [-0.25, -0.2) is 0 Å². The number of Topliss-reactive ketones (excluding diaryl/α,β-unsaturated/α-hetero) is 1. The van der Waals surface area contributed by atoms with Crippen molar-refractivity contribution in [2.24, 2.45) is 11.8 Å². The van der Waals surface area contributed by atoms with Gasteiger partial charge in [-0.05, 0) is 28.7 Å². The maximum absolute atomic E-state index is 13.0. The van der Waals surface area contributed by atoms with Crippen LogP contribution < -0.4 is 5.32 Å². The fourth-order valence-corrected chi connectivity index (χ4v) is 5.13. The van der Waals surface area contributed by atoms with E-state index >= 15 is 0 Å². The minimum Gasteiger partial charge on any atom is -0.394 e. The summed E-state index contributed by atoms with van der Waals surface area (Å²) >= 11 is 0. The number of aliphatic hydroxyl groups excluding tert-OH is 1. The molecule has 31 heavy (non-hydrogen) atoms. The maximum atomic E-state index is 13.0. The fraction of sp³-hybridized carbons (Fsp3) is 0.556. The molecule has 2 aromatic carbocycles. The Labute approximate surface area is 186 Å². The molecule has 3 rings (SSSR count). The number of carbonyl (C=O) groups excluding carboxylic acids is 2. The summed E-state index contributed by atoms with van der Waals surface area (Å²) in [5, 5.41) is 14.9. The first-order valence-corrected chi connectivity index (χ1v) is 12.0. The highest BCUT2D eigenvalue weighted by Gasteiger charge is 2.44. The molecule has 0 unspecified atom stereocenters. The maximum Gasteiger partial charge on any atom is 0.224 e. The third-order valence-corrected chi connectivity index (χ3v) is 6.74. The van der Waals surface area contributed by atoms with E-state index in [1.165, 1.54) is 25.7 Å². The lowest BCUT2D eigenvalue weighted by Crippen LogP contribution is -2.31. The van der Waals surface area contributed by atoms with Gasteiger partial charge in [0.25, 0.3) is 0 Å². The van der Waals surface area contributed by atoms with Crippen molar-refractivity contribution >= 4 is 22.5 Å². The van der Waals surface area contributed by atoms with Crippen LogP contribution in [0.1, 0.15) is 87.6 Å². The fourth-order valence-electron chi connectivity index (χ4n) is 5.13. The predicted octanol–water partition coefficient (Wildman–Crippen LogP) is 5.62. The van der Waals surface area contributed by atoms with E-state index in [4.69, 9.17) is 0 Å². The lowest BCUT2D eigenvalue weighted by Gasteiger charge is -2.26. The number of hydrogen-bond acceptors (Lipinski definition) is 3. The minimum atomic E-state index is -0.298. The van der Waals surface area contributed by atoms with Crippen LogP contribution in [0.15, 0.2) is 36.4 Å². The first-order chi connectivity index (χ1) is 15.0. The summed E-state index contributed by atoms with van der Waals surface area (Å²) in [6.45, 7) is 6.23. The van der Waals surface area contributed by atoms with Crippen molar-refractivity contribution in [2.45, 2.75) is 77.7 Å². The topological polar surface area (TPSA) is 66.4 Å². The molecule has 0 aliphatic carbocycles. The van der Waals surface area contributed by atoms with Gasteiger partial charge in [0.05, 0.1) is 12.6 Å². The van der Waals surface area contributed by atoms with Crippen LogP contribution in [0.4, 0.5) is 0 Å². The van der Waals surface area contributed by atoms with Crippen molar-refractivity contribution in [2.75, 3.05) is 6.61 Å². The van der Waals surface area contributed by atoms with Gasteiger partial charge in [-0.2, -0.15) is 0 Å². The van der Waals surface area contributed by atoms with E-state index in [0.29, 0.717) is 6.42 Å². The number of aliphatic hydroxyl groups is 1. The zero-order valence-electron chi connectivity index (χ0n) is 19.2. The number of hydrogen-bond donors (Lipinski definition) is 2. The Hall–Kier alpha value is -2.20. The largest absolute Gasteiger partial charge is 0.394 e. The molecule has 4 nitrogen and oxygen atoms in total. The van der Waals surface area contributed by atoms with Crippen LogP contribution in [0, 0.1) is 11.8 Å². The van der Waals surface area contributed by atoms with E-state index < -0.39 is 0 Å². The predicted molar refractivity (Wildman–Crippen MR) is 126 cm³/mol. The molecule has 2 aromatic rings. The van der Waals surface area contributed by atoms with Crippen molar-refractivity contribution in [3.8, 4) is 0 Å². The van der Waals surface area contributed by atoms with Crippen LogP contribution in [0.25, 0.3) is 10.8 Å². The highest BCUT2D eigenvalue weighted by Crippen LogP contribution is 2.41. The first-order valence-electron chi connectivity index (χ1n) is 12.0. The molecule has 1 heterocycles. The van der Waals surface area contributed by atoms with E-state index in [2.05, 4.69) is 26.1 Å². The minimum absolute atomic E-state index is 0.00589. The molecule has 0 bridgehead atoms. The number of rotatable bonds is 11. The van der Waals surface area contributed by atoms with Gasteiger partial charge in [0.1, 0.15) is 0 Å². The summed E-state index contributed by atoms with van der Waals surface area (Å²) in [5.74, 6) is 0.0639. The Balaban J connectivity index is 1.88. The van der Waals surface area contributed by atoms with Gasteiger partial charge in [0, 0.05) is 23.8 Å². The van der Waals surface area contributed by atoms with E-state index in [9.17, 15) is 14.7 Å². The van der Waals surface area contributed by atoms with Crippen LogP contribution in [-0.2, 0) is 4.79 Å². The molecular weight excluding hydrogens is 386 g/mol. The van der Waals surface area contributed by atoms with Crippen molar-refractivity contribution in [3.63, 3.8) is 0 Å². The normalized spacial score (nSPS) is 21.1. The van der Waals surface area contributed by atoms with Crippen LogP contribution in [0.2, 0.25) is 0 Å². The second kappa shape index (κ2) is 10.9. The zero-order valence-corrected chi connectivity index (χ0v) is 19.2. The van der Waals surface area contributed by atoms with Crippen LogP contribution in [0.5, 0.6) is 0 Å². The third-order valence-electron chi connectivity index (χ3n) is 6.74. The number of ketones is 1. The van der Waals surface area contributed by atoms with Crippen molar-refractivity contribution in [1.29, 1.82) is 0 Å². The third kappa shape index (κ3) is 5.17.